The fourth-order valence-corrected chi connectivity index (χ4v) is 2.20. The summed E-state index contributed by atoms with van der Waals surface area (Å²) in [4.78, 5) is 10.2. The Morgan fingerprint density at radius 3 is 1.21 bits per heavy atom. The number of carbonyl (C=O) groups excluding carboxylic acids is 1. The average Bonchev–Trinajstić information content (AvgIpc) is 2.84. The Balaban J connectivity index is 0. The number of hydrogen-bond donors (Lipinski definition) is 0. The highest BCUT2D eigenvalue weighted by molar-refractivity contribution is 6.69. The van der Waals surface area contributed by atoms with Gasteiger partial charge < -0.3 is 9.16 Å². The van der Waals surface area contributed by atoms with E-state index in [4.69, 9.17) is 4.43 Å². The molecule has 0 spiro atoms. The summed E-state index contributed by atoms with van der Waals surface area (Å²) in [5.74, 6) is 1.49. The van der Waals surface area contributed by atoms with Crippen LogP contribution in [0, 0.1) is 0 Å². The summed E-state index contributed by atoms with van der Waals surface area (Å²) in [7, 11) is 2.16. The van der Waals surface area contributed by atoms with Gasteiger partial charge >= 0.3 is 0 Å². The summed E-state index contributed by atoms with van der Waals surface area (Å²) in [5.41, 5.74) is 2.90. The van der Waals surface area contributed by atoms with Crippen molar-refractivity contribution in [3.8, 4) is 0 Å². The summed E-state index contributed by atoms with van der Waals surface area (Å²) in [6.45, 7) is 18.7. The summed E-state index contributed by atoms with van der Waals surface area (Å²) in [5, 5.41) is 0. The molecule has 0 saturated carbocycles. The molecule has 0 radical (unpaired) electrons. The Morgan fingerprint density at radius 2 is 1.06 bits per heavy atom. The van der Waals surface area contributed by atoms with Gasteiger partial charge in [-0.1, -0.05) is 88.4 Å². The maximum atomic E-state index is 10.2. The largest absolute Gasteiger partial charge is 0.421 e. The highest BCUT2D eigenvalue weighted by Gasteiger charge is 2.09. The molecule has 0 fully saturated rings. The Labute approximate surface area is 206 Å². The van der Waals surface area contributed by atoms with Crippen molar-refractivity contribution in [1.82, 2.24) is 0 Å². The zero-order chi connectivity index (χ0) is 25.9. The smallest absolute Gasteiger partial charge is 0.183 e. The fraction of sp³-hybridized carbons (Fsp3) is 0.552. The fourth-order valence-electron chi connectivity index (χ4n) is 2.20. The first-order valence-electron chi connectivity index (χ1n) is 12.1. The Hall–Kier alpha value is -1.75. The van der Waals surface area contributed by atoms with Crippen molar-refractivity contribution in [3.05, 3.63) is 71.8 Å². The van der Waals surface area contributed by atoms with E-state index in [9.17, 15) is 4.79 Å². The number of methoxy groups -OCH3 is 1. The van der Waals surface area contributed by atoms with Crippen molar-refractivity contribution in [2.24, 2.45) is 0 Å². The van der Waals surface area contributed by atoms with Gasteiger partial charge in [0.25, 0.3) is 0 Å². The minimum atomic E-state index is -1.13. The van der Waals surface area contributed by atoms with E-state index in [2.05, 4.69) is 113 Å². The number of hydrogen-bond acceptors (Lipinski definition) is 3. The van der Waals surface area contributed by atoms with Crippen LogP contribution in [0.4, 0.5) is 0 Å². The molecule has 2 aromatic carbocycles. The van der Waals surface area contributed by atoms with E-state index in [1.807, 2.05) is 0 Å². The first-order valence-corrected chi connectivity index (χ1v) is 15.5. The van der Waals surface area contributed by atoms with Crippen molar-refractivity contribution in [2.45, 2.75) is 92.0 Å². The molecule has 3 nitrogen and oxygen atoms in total. The highest BCUT2D eigenvalue weighted by Crippen LogP contribution is 2.17. The first kappa shape index (κ1) is 33.4. The molecule has 33 heavy (non-hydrogen) atoms. The van der Waals surface area contributed by atoms with Gasteiger partial charge in [0.1, 0.15) is 6.10 Å². The molecule has 0 aliphatic heterocycles. The standard InChI is InChI=1S/2C10H14.C5H10O2.C4H12OSi/c2*1-3-9(2)10-7-5-4-6-8-10;1-4(6)5(2)7-3;1-5-6(2,3)4/h2*4-9H,3H2,1-2H3;5H,1-3H3;1-4H3. The number of rotatable bonds is 7. The van der Waals surface area contributed by atoms with Crippen LogP contribution in [-0.2, 0) is 14.0 Å². The second-order valence-corrected chi connectivity index (χ2v) is 13.9. The number of benzene rings is 2. The van der Waals surface area contributed by atoms with Gasteiger partial charge in [0, 0.05) is 14.2 Å². The highest BCUT2D eigenvalue weighted by atomic mass is 28.4. The van der Waals surface area contributed by atoms with Crippen molar-refractivity contribution < 1.29 is 14.0 Å². The van der Waals surface area contributed by atoms with E-state index in [0.29, 0.717) is 11.8 Å². The van der Waals surface area contributed by atoms with E-state index >= 15 is 0 Å². The number of carbonyl (C=O) groups is 1. The van der Waals surface area contributed by atoms with Gasteiger partial charge in [0.2, 0.25) is 0 Å². The van der Waals surface area contributed by atoms with Gasteiger partial charge in [-0.3, -0.25) is 4.79 Å². The molecule has 3 unspecified atom stereocenters. The van der Waals surface area contributed by atoms with Crippen LogP contribution in [0.15, 0.2) is 60.7 Å². The van der Waals surface area contributed by atoms with Gasteiger partial charge in [0.05, 0.1) is 0 Å². The minimum absolute atomic E-state index is 0.0718. The summed E-state index contributed by atoms with van der Waals surface area (Å²) >= 11 is 0. The molecule has 0 aliphatic rings. The van der Waals surface area contributed by atoms with Crippen LogP contribution in [0.1, 0.15) is 77.3 Å². The Kier molecular flexibility index (Phi) is 19.9. The van der Waals surface area contributed by atoms with Gasteiger partial charge in [0.15, 0.2) is 14.1 Å². The molecule has 3 atom stereocenters. The number of ketones is 1. The average molecular weight is 475 g/mol. The Morgan fingerprint density at radius 1 is 0.758 bits per heavy atom. The molecule has 188 valence electrons. The predicted molar refractivity (Wildman–Crippen MR) is 148 cm³/mol. The molecule has 0 heterocycles. The van der Waals surface area contributed by atoms with Crippen LogP contribution in [0.3, 0.4) is 0 Å². The number of ether oxygens (including phenoxy) is 1. The van der Waals surface area contributed by atoms with Crippen LogP contribution in [0.25, 0.3) is 0 Å². The second kappa shape index (κ2) is 19.7. The second-order valence-electron chi connectivity index (χ2n) is 9.25. The van der Waals surface area contributed by atoms with Crippen molar-refractivity contribution in [1.29, 1.82) is 0 Å². The normalized spacial score (nSPS) is 12.9. The van der Waals surface area contributed by atoms with Gasteiger partial charge in [-0.2, -0.15) is 0 Å². The summed E-state index contributed by atoms with van der Waals surface area (Å²) in [6.07, 6.45) is 2.22. The van der Waals surface area contributed by atoms with Crippen LogP contribution >= 0.6 is 0 Å². The lowest BCUT2D eigenvalue weighted by Gasteiger charge is -2.10. The molecule has 2 aromatic rings. The third-order valence-electron chi connectivity index (χ3n) is 5.50. The molecular formula is C29H50O3Si. The minimum Gasteiger partial charge on any atom is -0.421 e. The lowest BCUT2D eigenvalue weighted by Crippen LogP contribution is -2.22. The molecule has 0 aromatic heterocycles. The maximum Gasteiger partial charge on any atom is 0.183 e. The number of Topliss-reactive ketones (excluding diaryl/α,β-unsaturated/α-hetero) is 1. The van der Waals surface area contributed by atoms with Crippen molar-refractivity contribution in [3.63, 3.8) is 0 Å². The molecule has 0 N–H and O–H groups in total. The molecular weight excluding hydrogens is 424 g/mol. The maximum absolute atomic E-state index is 10.2. The SMILES string of the molecule is CCC(C)c1ccccc1.CCC(C)c1ccccc1.COC(C)C(C)=O.CO[Si](C)(C)C. The molecule has 2 rings (SSSR count). The van der Waals surface area contributed by atoms with E-state index in [1.54, 1.807) is 14.0 Å². The van der Waals surface area contributed by atoms with Crippen LogP contribution < -0.4 is 0 Å². The topological polar surface area (TPSA) is 35.5 Å². The van der Waals surface area contributed by atoms with Crippen molar-refractivity contribution in [2.75, 3.05) is 14.2 Å². The third kappa shape index (κ3) is 19.4. The lowest BCUT2D eigenvalue weighted by atomic mass is 9.99. The van der Waals surface area contributed by atoms with E-state index in [0.717, 1.165) is 0 Å². The quantitative estimate of drug-likeness (QED) is 0.377. The van der Waals surface area contributed by atoms with Crippen LogP contribution in [0.2, 0.25) is 19.6 Å². The van der Waals surface area contributed by atoms with Crippen molar-refractivity contribution >= 4 is 14.1 Å². The molecule has 0 bridgehead atoms. The van der Waals surface area contributed by atoms with Gasteiger partial charge in [-0.25, -0.2) is 0 Å². The van der Waals surface area contributed by atoms with Gasteiger partial charge in [-0.15, -0.1) is 0 Å². The lowest BCUT2D eigenvalue weighted by molar-refractivity contribution is -0.125. The third-order valence-corrected chi connectivity index (χ3v) is 6.73. The molecule has 0 amide bonds. The Bertz CT molecular complexity index is 650. The molecule has 0 aliphatic carbocycles. The molecule has 4 heteroatoms. The van der Waals surface area contributed by atoms with E-state index in [-0.39, 0.29) is 11.9 Å². The van der Waals surface area contributed by atoms with Crippen LogP contribution in [-0.4, -0.2) is 34.4 Å². The monoisotopic (exact) mass is 474 g/mol. The van der Waals surface area contributed by atoms with E-state index < -0.39 is 8.32 Å². The summed E-state index contributed by atoms with van der Waals surface area (Å²) in [6, 6.07) is 21.3. The van der Waals surface area contributed by atoms with Crippen LogP contribution in [0.5, 0.6) is 0 Å². The zero-order valence-corrected chi connectivity index (χ0v) is 24.1. The first-order chi connectivity index (χ1) is 15.4. The van der Waals surface area contributed by atoms with E-state index in [1.165, 1.54) is 38.0 Å². The predicted octanol–water partition coefficient (Wildman–Crippen LogP) is 8.48. The summed E-state index contributed by atoms with van der Waals surface area (Å²) < 4.78 is 9.74. The molecule has 0 saturated heterocycles. The zero-order valence-electron chi connectivity index (χ0n) is 23.1. The van der Waals surface area contributed by atoms with Gasteiger partial charge in [-0.05, 0) is 69.3 Å².